The van der Waals surface area contributed by atoms with E-state index in [2.05, 4.69) is 20.7 Å². The number of nitrogens with one attached hydrogen (secondary N) is 1. The average molecular weight is 323 g/mol. The van der Waals surface area contributed by atoms with Crippen LogP contribution in [0.15, 0.2) is 17.6 Å². The van der Waals surface area contributed by atoms with E-state index in [4.69, 9.17) is 11.6 Å². The fourth-order valence-electron chi connectivity index (χ4n) is 2.20. The summed E-state index contributed by atoms with van der Waals surface area (Å²) in [5.41, 5.74) is 2.19. The summed E-state index contributed by atoms with van der Waals surface area (Å²) in [5, 5.41) is 7.32. The van der Waals surface area contributed by atoms with Gasteiger partial charge >= 0.3 is 0 Å². The molecule has 0 radical (unpaired) electrons. The molecule has 0 aromatic carbocycles. The summed E-state index contributed by atoms with van der Waals surface area (Å²) >= 11 is 8.04. The number of thiazole rings is 1. The van der Waals surface area contributed by atoms with Gasteiger partial charge in [-0.25, -0.2) is 9.97 Å². The second-order valence-corrected chi connectivity index (χ2v) is 6.99. The third-order valence-electron chi connectivity index (χ3n) is 3.48. The zero-order valence-electron chi connectivity index (χ0n) is 12.3. The number of anilines is 1. The lowest BCUT2D eigenvalue weighted by molar-refractivity contribution is 0.685. The lowest BCUT2D eigenvalue weighted by Crippen LogP contribution is -2.19. The van der Waals surface area contributed by atoms with E-state index in [1.54, 1.807) is 11.3 Å². The minimum atomic E-state index is 0.694. The van der Waals surface area contributed by atoms with Gasteiger partial charge in [-0.3, -0.25) is 0 Å². The number of hydrogen-bond donors (Lipinski definition) is 1. The molecule has 6 heteroatoms. The number of pyridine rings is 1. The molecule has 1 saturated carbocycles. The molecule has 2 aromatic heterocycles. The Morgan fingerprint density at radius 3 is 2.90 bits per heavy atom. The molecule has 0 atom stereocenters. The smallest absolute Gasteiger partial charge is 0.147 e. The maximum atomic E-state index is 6.38. The van der Waals surface area contributed by atoms with Crippen LogP contribution in [0.1, 0.15) is 29.1 Å². The maximum Gasteiger partial charge on any atom is 0.147 e. The molecule has 1 aliphatic rings. The molecule has 0 unspecified atom stereocenters. The van der Waals surface area contributed by atoms with Crippen molar-refractivity contribution in [1.29, 1.82) is 0 Å². The zero-order valence-corrected chi connectivity index (χ0v) is 13.8. The predicted molar refractivity (Wildman–Crippen MR) is 88.1 cm³/mol. The average Bonchev–Trinajstić information content (AvgIpc) is 3.19. The fourth-order valence-corrected chi connectivity index (χ4v) is 3.13. The van der Waals surface area contributed by atoms with Crippen LogP contribution in [0, 0.1) is 6.92 Å². The van der Waals surface area contributed by atoms with E-state index in [0.717, 1.165) is 35.2 Å². The summed E-state index contributed by atoms with van der Waals surface area (Å²) in [6, 6.07) is 2.70. The molecule has 1 aliphatic carbocycles. The number of hydrogen-bond acceptors (Lipinski definition) is 5. The van der Waals surface area contributed by atoms with Gasteiger partial charge in [0.15, 0.2) is 0 Å². The highest BCUT2D eigenvalue weighted by atomic mass is 35.5. The van der Waals surface area contributed by atoms with Gasteiger partial charge in [0, 0.05) is 31.2 Å². The van der Waals surface area contributed by atoms with Crippen LogP contribution in [-0.2, 0) is 13.1 Å². The fraction of sp³-hybridized carbons (Fsp3) is 0.467. The topological polar surface area (TPSA) is 41.1 Å². The number of aromatic nitrogens is 2. The van der Waals surface area contributed by atoms with Gasteiger partial charge in [0.1, 0.15) is 5.82 Å². The first-order valence-electron chi connectivity index (χ1n) is 7.12. The van der Waals surface area contributed by atoms with Gasteiger partial charge in [-0.15, -0.1) is 11.3 Å². The Balaban J connectivity index is 1.65. The maximum absolute atomic E-state index is 6.38. The van der Waals surface area contributed by atoms with E-state index in [-0.39, 0.29) is 0 Å². The van der Waals surface area contributed by atoms with Crippen molar-refractivity contribution < 1.29 is 0 Å². The highest BCUT2D eigenvalue weighted by Gasteiger charge is 2.20. The molecule has 21 heavy (non-hydrogen) atoms. The molecular formula is C15H19ClN4S. The lowest BCUT2D eigenvalue weighted by Gasteiger charge is -2.18. The molecule has 1 fully saturated rings. The number of nitrogens with zero attached hydrogens (tertiary/aromatic N) is 3. The van der Waals surface area contributed by atoms with Gasteiger partial charge in [-0.2, -0.15) is 0 Å². The minimum absolute atomic E-state index is 0.694. The molecule has 2 heterocycles. The first-order valence-corrected chi connectivity index (χ1v) is 8.37. The Bertz CT molecular complexity index is 624. The van der Waals surface area contributed by atoms with Crippen LogP contribution in [0.4, 0.5) is 5.82 Å². The summed E-state index contributed by atoms with van der Waals surface area (Å²) in [6.45, 7) is 3.57. The van der Waals surface area contributed by atoms with E-state index < -0.39 is 0 Å². The highest BCUT2D eigenvalue weighted by Crippen LogP contribution is 2.25. The third-order valence-corrected chi connectivity index (χ3v) is 4.58. The largest absolute Gasteiger partial charge is 0.353 e. The molecule has 0 spiro atoms. The Labute approximate surface area is 134 Å². The Morgan fingerprint density at radius 2 is 2.29 bits per heavy atom. The van der Waals surface area contributed by atoms with Crippen LogP contribution in [0.25, 0.3) is 0 Å². The molecule has 3 rings (SSSR count). The van der Waals surface area contributed by atoms with Crippen molar-refractivity contribution in [3.05, 3.63) is 38.9 Å². The SMILES string of the molecule is Cc1nc(CN(C)c2ncc(CNC3CC3)cc2Cl)cs1. The summed E-state index contributed by atoms with van der Waals surface area (Å²) < 4.78 is 0. The summed E-state index contributed by atoms with van der Waals surface area (Å²) in [7, 11) is 1.99. The minimum Gasteiger partial charge on any atom is -0.353 e. The van der Waals surface area contributed by atoms with Crippen LogP contribution in [0.2, 0.25) is 5.02 Å². The molecule has 0 saturated heterocycles. The number of aryl methyl sites for hydroxylation is 1. The molecule has 112 valence electrons. The van der Waals surface area contributed by atoms with E-state index in [1.165, 1.54) is 12.8 Å². The summed E-state index contributed by atoms with van der Waals surface area (Å²) in [6.07, 6.45) is 4.48. The first-order chi connectivity index (χ1) is 10.1. The normalized spacial score (nSPS) is 14.4. The number of halogens is 1. The Morgan fingerprint density at radius 1 is 1.48 bits per heavy atom. The Hall–Kier alpha value is -1.17. The number of rotatable bonds is 6. The molecule has 4 nitrogen and oxygen atoms in total. The predicted octanol–water partition coefficient (Wildman–Crippen LogP) is 3.39. The highest BCUT2D eigenvalue weighted by molar-refractivity contribution is 7.09. The monoisotopic (exact) mass is 322 g/mol. The Kier molecular flexibility index (Phi) is 4.42. The summed E-state index contributed by atoms with van der Waals surface area (Å²) in [4.78, 5) is 11.0. The van der Waals surface area contributed by atoms with Gasteiger partial charge < -0.3 is 10.2 Å². The van der Waals surface area contributed by atoms with E-state index in [1.807, 2.05) is 31.1 Å². The second kappa shape index (κ2) is 6.30. The molecule has 0 aliphatic heterocycles. The van der Waals surface area contributed by atoms with Crippen LogP contribution in [-0.4, -0.2) is 23.1 Å². The van der Waals surface area contributed by atoms with E-state index >= 15 is 0 Å². The molecule has 0 amide bonds. The van der Waals surface area contributed by atoms with Gasteiger partial charge in [-0.05, 0) is 31.4 Å². The van der Waals surface area contributed by atoms with Crippen LogP contribution in [0.5, 0.6) is 0 Å². The molecule has 0 bridgehead atoms. The zero-order chi connectivity index (χ0) is 14.8. The van der Waals surface area contributed by atoms with Crippen LogP contribution < -0.4 is 10.2 Å². The van der Waals surface area contributed by atoms with Gasteiger partial charge in [0.25, 0.3) is 0 Å². The third kappa shape index (κ3) is 3.93. The molecule has 2 aromatic rings. The molecular weight excluding hydrogens is 304 g/mol. The second-order valence-electron chi connectivity index (χ2n) is 5.52. The van der Waals surface area contributed by atoms with Crippen molar-refractivity contribution in [2.45, 2.75) is 38.9 Å². The van der Waals surface area contributed by atoms with Crippen LogP contribution >= 0.6 is 22.9 Å². The lowest BCUT2D eigenvalue weighted by atomic mass is 10.2. The van der Waals surface area contributed by atoms with Crippen LogP contribution in [0.3, 0.4) is 0 Å². The first kappa shape index (κ1) is 14.8. The van der Waals surface area contributed by atoms with Crippen molar-refractivity contribution in [1.82, 2.24) is 15.3 Å². The van der Waals surface area contributed by atoms with Gasteiger partial charge in [0.2, 0.25) is 0 Å². The molecule has 1 N–H and O–H groups in total. The van der Waals surface area contributed by atoms with Gasteiger partial charge in [-0.1, -0.05) is 11.6 Å². The van der Waals surface area contributed by atoms with Crippen molar-refractivity contribution in [3.63, 3.8) is 0 Å². The van der Waals surface area contributed by atoms with Crippen molar-refractivity contribution in [2.24, 2.45) is 0 Å². The van der Waals surface area contributed by atoms with E-state index in [0.29, 0.717) is 11.1 Å². The van der Waals surface area contributed by atoms with Gasteiger partial charge in [0.05, 0.1) is 22.3 Å². The van der Waals surface area contributed by atoms with Crippen molar-refractivity contribution in [2.75, 3.05) is 11.9 Å². The summed E-state index contributed by atoms with van der Waals surface area (Å²) in [5.74, 6) is 0.803. The quantitative estimate of drug-likeness (QED) is 0.885. The van der Waals surface area contributed by atoms with Crippen molar-refractivity contribution in [3.8, 4) is 0 Å². The van der Waals surface area contributed by atoms with Crippen molar-refractivity contribution >= 4 is 28.8 Å². The standard InChI is InChI=1S/C15H19ClN4S/c1-10-19-13(9-21-10)8-20(2)15-14(16)5-11(7-18-15)6-17-12-3-4-12/h5,7,9,12,17H,3-4,6,8H2,1-2H3. The van der Waals surface area contributed by atoms with E-state index in [9.17, 15) is 0 Å².